The van der Waals surface area contributed by atoms with Crippen LogP contribution in [-0.2, 0) is 16.1 Å². The van der Waals surface area contributed by atoms with Crippen molar-refractivity contribution in [2.75, 3.05) is 29.4 Å². The fourth-order valence-electron chi connectivity index (χ4n) is 3.78. The molecule has 1 atom stereocenters. The van der Waals surface area contributed by atoms with Gasteiger partial charge >= 0.3 is 0 Å². The fourth-order valence-corrected chi connectivity index (χ4v) is 3.78. The van der Waals surface area contributed by atoms with E-state index in [0.717, 1.165) is 30.3 Å². The second kappa shape index (κ2) is 7.78. The van der Waals surface area contributed by atoms with Crippen LogP contribution in [0.5, 0.6) is 0 Å². The highest BCUT2D eigenvalue weighted by Crippen LogP contribution is 2.25. The number of hydrogen-bond acceptors (Lipinski definition) is 4. The van der Waals surface area contributed by atoms with Gasteiger partial charge in [-0.05, 0) is 43.5 Å². The van der Waals surface area contributed by atoms with Crippen molar-refractivity contribution in [1.82, 2.24) is 10.3 Å². The molecule has 1 aromatic carbocycles. The summed E-state index contributed by atoms with van der Waals surface area (Å²) >= 11 is 0. The van der Waals surface area contributed by atoms with E-state index in [1.165, 1.54) is 12.8 Å². The van der Waals surface area contributed by atoms with Crippen LogP contribution in [0.2, 0.25) is 0 Å². The third-order valence-corrected chi connectivity index (χ3v) is 5.26. The van der Waals surface area contributed by atoms with Gasteiger partial charge in [-0.25, -0.2) is 4.98 Å². The minimum Gasteiger partial charge on any atom is -0.357 e. The molecule has 3 heterocycles. The van der Waals surface area contributed by atoms with E-state index in [0.29, 0.717) is 19.5 Å². The van der Waals surface area contributed by atoms with Crippen LogP contribution < -0.4 is 15.1 Å². The van der Waals surface area contributed by atoms with E-state index in [1.54, 1.807) is 4.90 Å². The molecule has 1 unspecified atom stereocenters. The molecule has 2 amide bonds. The topological polar surface area (TPSA) is 65.5 Å². The summed E-state index contributed by atoms with van der Waals surface area (Å²) in [5.74, 6) is 0.00250. The summed E-state index contributed by atoms with van der Waals surface area (Å²) in [6, 6.07) is 15.4. The summed E-state index contributed by atoms with van der Waals surface area (Å²) < 4.78 is 0. The first-order valence-corrected chi connectivity index (χ1v) is 9.57. The summed E-state index contributed by atoms with van der Waals surface area (Å²) in [7, 11) is 0. The lowest BCUT2D eigenvalue weighted by Crippen LogP contribution is -2.36. The van der Waals surface area contributed by atoms with E-state index in [2.05, 4.69) is 15.2 Å². The van der Waals surface area contributed by atoms with Crippen molar-refractivity contribution in [1.29, 1.82) is 0 Å². The van der Waals surface area contributed by atoms with Gasteiger partial charge in [0.25, 0.3) is 0 Å². The zero-order chi connectivity index (χ0) is 18.6. The SMILES string of the molecule is O=C(NCc1cccc(N2CCCC2)n1)C1CCN(c2ccccc2)C1=O. The van der Waals surface area contributed by atoms with Crippen molar-refractivity contribution in [3.8, 4) is 0 Å². The first-order valence-electron chi connectivity index (χ1n) is 9.57. The van der Waals surface area contributed by atoms with Crippen molar-refractivity contribution in [2.24, 2.45) is 5.92 Å². The molecule has 140 valence electrons. The Bertz CT molecular complexity index is 818. The number of amides is 2. The number of carbonyl (C=O) groups excluding carboxylic acids is 2. The predicted molar refractivity (Wildman–Crippen MR) is 104 cm³/mol. The van der Waals surface area contributed by atoms with E-state index in [1.807, 2.05) is 48.5 Å². The Morgan fingerprint density at radius 1 is 1.04 bits per heavy atom. The zero-order valence-electron chi connectivity index (χ0n) is 15.3. The van der Waals surface area contributed by atoms with Crippen molar-refractivity contribution >= 4 is 23.3 Å². The summed E-state index contributed by atoms with van der Waals surface area (Å²) in [6.45, 7) is 2.99. The van der Waals surface area contributed by atoms with Crippen LogP contribution in [0.15, 0.2) is 48.5 Å². The minimum absolute atomic E-state index is 0.127. The van der Waals surface area contributed by atoms with Crippen LogP contribution in [0.1, 0.15) is 25.0 Å². The molecule has 0 bridgehead atoms. The van der Waals surface area contributed by atoms with Crippen LogP contribution >= 0.6 is 0 Å². The lowest BCUT2D eigenvalue weighted by Gasteiger charge is -2.18. The van der Waals surface area contributed by atoms with E-state index in [-0.39, 0.29) is 11.8 Å². The maximum atomic E-state index is 12.6. The Morgan fingerprint density at radius 3 is 2.59 bits per heavy atom. The molecule has 1 N–H and O–H groups in total. The highest BCUT2D eigenvalue weighted by molar-refractivity contribution is 6.09. The van der Waals surface area contributed by atoms with Gasteiger partial charge in [0.2, 0.25) is 11.8 Å². The Labute approximate surface area is 159 Å². The lowest BCUT2D eigenvalue weighted by molar-refractivity contribution is -0.132. The monoisotopic (exact) mass is 364 g/mol. The molecule has 2 saturated heterocycles. The molecule has 2 aliphatic rings. The number of nitrogens with zero attached hydrogens (tertiary/aromatic N) is 3. The van der Waals surface area contributed by atoms with Gasteiger partial charge in [-0.2, -0.15) is 0 Å². The molecule has 27 heavy (non-hydrogen) atoms. The molecule has 0 aliphatic carbocycles. The molecule has 0 saturated carbocycles. The minimum atomic E-state index is -0.619. The molecular weight excluding hydrogens is 340 g/mol. The van der Waals surface area contributed by atoms with Gasteiger partial charge in [-0.1, -0.05) is 24.3 Å². The molecule has 2 aliphatic heterocycles. The fraction of sp³-hybridized carbons (Fsp3) is 0.381. The molecule has 4 rings (SSSR count). The maximum absolute atomic E-state index is 12.6. The Kier molecular flexibility index (Phi) is 5.05. The molecule has 2 fully saturated rings. The summed E-state index contributed by atoms with van der Waals surface area (Å²) in [5, 5.41) is 2.89. The Hall–Kier alpha value is -2.89. The summed E-state index contributed by atoms with van der Waals surface area (Å²) in [6.07, 6.45) is 2.94. The first-order chi connectivity index (χ1) is 13.2. The standard InChI is InChI=1S/C21H24N4O2/c26-20(18-11-14-25(21(18)27)17-8-2-1-3-9-17)22-15-16-7-6-10-19(23-16)24-12-4-5-13-24/h1-3,6-10,18H,4-5,11-15H2,(H,22,26). The average molecular weight is 364 g/mol. The van der Waals surface area contributed by atoms with E-state index < -0.39 is 5.92 Å². The van der Waals surface area contributed by atoms with Crippen LogP contribution in [0.25, 0.3) is 0 Å². The van der Waals surface area contributed by atoms with Crippen LogP contribution in [0.3, 0.4) is 0 Å². The highest BCUT2D eigenvalue weighted by Gasteiger charge is 2.37. The number of pyridine rings is 1. The van der Waals surface area contributed by atoms with E-state index in [4.69, 9.17) is 0 Å². The normalized spacial score (nSPS) is 19.6. The van der Waals surface area contributed by atoms with Crippen molar-refractivity contribution < 1.29 is 9.59 Å². The molecule has 0 radical (unpaired) electrons. The largest absolute Gasteiger partial charge is 0.357 e. The number of rotatable bonds is 5. The Morgan fingerprint density at radius 2 is 1.81 bits per heavy atom. The van der Waals surface area contributed by atoms with E-state index in [9.17, 15) is 9.59 Å². The first kappa shape index (κ1) is 17.5. The second-order valence-electron chi connectivity index (χ2n) is 7.07. The molecule has 6 heteroatoms. The summed E-state index contributed by atoms with van der Waals surface area (Å²) in [4.78, 5) is 33.8. The molecule has 6 nitrogen and oxygen atoms in total. The van der Waals surface area contributed by atoms with Crippen LogP contribution in [0, 0.1) is 5.92 Å². The van der Waals surface area contributed by atoms with Gasteiger partial charge in [0, 0.05) is 25.3 Å². The van der Waals surface area contributed by atoms with Crippen LogP contribution in [-0.4, -0.2) is 36.4 Å². The Balaban J connectivity index is 1.36. The van der Waals surface area contributed by atoms with Gasteiger partial charge in [0.05, 0.1) is 12.2 Å². The highest BCUT2D eigenvalue weighted by atomic mass is 16.2. The van der Waals surface area contributed by atoms with Gasteiger partial charge in [0.15, 0.2) is 0 Å². The summed E-state index contributed by atoms with van der Waals surface area (Å²) in [5.41, 5.74) is 1.66. The van der Waals surface area contributed by atoms with E-state index >= 15 is 0 Å². The third-order valence-electron chi connectivity index (χ3n) is 5.26. The molecule has 2 aromatic rings. The number of anilines is 2. The molecule has 1 aromatic heterocycles. The van der Waals surface area contributed by atoms with Gasteiger partial charge in [-0.3, -0.25) is 9.59 Å². The quantitative estimate of drug-likeness (QED) is 0.827. The number of hydrogen-bond donors (Lipinski definition) is 1. The molecular formula is C21H24N4O2. The number of nitrogens with one attached hydrogen (secondary N) is 1. The lowest BCUT2D eigenvalue weighted by atomic mass is 10.1. The zero-order valence-corrected chi connectivity index (χ0v) is 15.3. The number of carbonyl (C=O) groups is 2. The third kappa shape index (κ3) is 3.79. The van der Waals surface area contributed by atoms with Gasteiger partial charge in [0.1, 0.15) is 11.7 Å². The van der Waals surface area contributed by atoms with Gasteiger partial charge in [-0.15, -0.1) is 0 Å². The number of para-hydroxylation sites is 1. The molecule has 0 spiro atoms. The maximum Gasteiger partial charge on any atom is 0.239 e. The van der Waals surface area contributed by atoms with Gasteiger partial charge < -0.3 is 15.1 Å². The van der Waals surface area contributed by atoms with Crippen molar-refractivity contribution in [2.45, 2.75) is 25.8 Å². The van der Waals surface area contributed by atoms with Crippen molar-refractivity contribution in [3.05, 3.63) is 54.2 Å². The number of aromatic nitrogens is 1. The van der Waals surface area contributed by atoms with Crippen molar-refractivity contribution in [3.63, 3.8) is 0 Å². The predicted octanol–water partition coefficient (Wildman–Crippen LogP) is 2.35. The number of benzene rings is 1. The second-order valence-corrected chi connectivity index (χ2v) is 7.07. The van der Waals surface area contributed by atoms with Crippen LogP contribution in [0.4, 0.5) is 11.5 Å². The smallest absolute Gasteiger partial charge is 0.239 e. The average Bonchev–Trinajstić information content (AvgIpc) is 3.37.